The zero-order chi connectivity index (χ0) is 21.2. The van der Waals surface area contributed by atoms with Crippen LogP contribution >= 0.6 is 0 Å². The predicted octanol–water partition coefficient (Wildman–Crippen LogP) is 3.18. The third-order valence-corrected chi connectivity index (χ3v) is 6.42. The molecule has 2 aromatic carbocycles. The summed E-state index contributed by atoms with van der Waals surface area (Å²) in [4.78, 5) is 15.3. The van der Waals surface area contributed by atoms with Crippen molar-refractivity contribution in [3.05, 3.63) is 59.2 Å². The molecule has 0 aromatic heterocycles. The Balaban J connectivity index is 1.15. The molecule has 0 radical (unpaired) electrons. The number of fused-ring (bicyclic) bond motifs is 3. The molecule has 3 heterocycles. The van der Waals surface area contributed by atoms with Gasteiger partial charge in [-0.1, -0.05) is 29.8 Å². The Labute approximate surface area is 183 Å². The van der Waals surface area contributed by atoms with Gasteiger partial charge in [-0.05, 0) is 56.0 Å². The molecule has 6 heteroatoms. The summed E-state index contributed by atoms with van der Waals surface area (Å²) in [6.45, 7) is 6.77. The van der Waals surface area contributed by atoms with Crippen LogP contribution in [0.15, 0.2) is 42.5 Å². The Morgan fingerprint density at radius 1 is 1.16 bits per heavy atom. The molecule has 2 aromatic rings. The zero-order valence-electron chi connectivity index (χ0n) is 18.0. The van der Waals surface area contributed by atoms with E-state index in [1.165, 1.54) is 18.5 Å². The van der Waals surface area contributed by atoms with Gasteiger partial charge in [0.1, 0.15) is 6.61 Å². The van der Waals surface area contributed by atoms with Crippen LogP contribution in [0.2, 0.25) is 0 Å². The van der Waals surface area contributed by atoms with E-state index in [-0.39, 0.29) is 18.1 Å². The molecule has 5 rings (SSSR count). The Morgan fingerprint density at radius 2 is 2.03 bits per heavy atom. The van der Waals surface area contributed by atoms with Crippen molar-refractivity contribution >= 4 is 5.91 Å². The minimum absolute atomic E-state index is 0.0448. The monoisotopic (exact) mass is 422 g/mol. The van der Waals surface area contributed by atoms with Crippen LogP contribution in [0.1, 0.15) is 34.3 Å². The van der Waals surface area contributed by atoms with E-state index in [4.69, 9.17) is 14.2 Å². The maximum atomic E-state index is 12.8. The molecule has 4 atom stereocenters. The summed E-state index contributed by atoms with van der Waals surface area (Å²) < 4.78 is 17.7. The largest absolute Gasteiger partial charge is 0.486 e. The van der Waals surface area contributed by atoms with Crippen molar-refractivity contribution in [3.63, 3.8) is 0 Å². The maximum Gasteiger partial charge on any atom is 0.251 e. The van der Waals surface area contributed by atoms with Crippen LogP contribution in [0.5, 0.6) is 11.5 Å². The number of carbonyl (C=O) groups is 1. The summed E-state index contributed by atoms with van der Waals surface area (Å²) in [5, 5.41) is 3.21. The van der Waals surface area contributed by atoms with E-state index < -0.39 is 0 Å². The van der Waals surface area contributed by atoms with Gasteiger partial charge in [-0.3, -0.25) is 4.79 Å². The lowest BCUT2D eigenvalue weighted by Gasteiger charge is -2.30. The fraction of sp³-hybridized carbons (Fsp3) is 0.480. The Hall–Kier alpha value is -2.57. The van der Waals surface area contributed by atoms with Crippen LogP contribution in [0.25, 0.3) is 0 Å². The highest BCUT2D eigenvalue weighted by Gasteiger charge is 2.33. The van der Waals surface area contributed by atoms with Gasteiger partial charge in [0.25, 0.3) is 5.91 Å². The van der Waals surface area contributed by atoms with Crippen molar-refractivity contribution in [2.24, 2.45) is 5.92 Å². The van der Waals surface area contributed by atoms with Crippen molar-refractivity contribution in [1.29, 1.82) is 0 Å². The summed E-state index contributed by atoms with van der Waals surface area (Å²) in [5.41, 5.74) is 2.98. The minimum Gasteiger partial charge on any atom is -0.486 e. The first-order valence-corrected chi connectivity index (χ1v) is 11.2. The van der Waals surface area contributed by atoms with Gasteiger partial charge in [0.2, 0.25) is 0 Å². The van der Waals surface area contributed by atoms with Crippen molar-refractivity contribution < 1.29 is 19.0 Å². The average molecular weight is 423 g/mol. The number of amides is 1. The Kier molecular flexibility index (Phi) is 5.83. The number of nitrogens with zero attached hydrogens (tertiary/aromatic N) is 1. The van der Waals surface area contributed by atoms with Crippen molar-refractivity contribution in [2.45, 2.75) is 38.5 Å². The second kappa shape index (κ2) is 8.89. The summed E-state index contributed by atoms with van der Waals surface area (Å²) in [5.74, 6) is 1.96. The molecule has 0 aliphatic carbocycles. The second-order valence-corrected chi connectivity index (χ2v) is 9.03. The van der Waals surface area contributed by atoms with E-state index in [1.807, 2.05) is 12.1 Å². The molecule has 164 valence electrons. The van der Waals surface area contributed by atoms with Crippen molar-refractivity contribution in [2.75, 3.05) is 32.8 Å². The van der Waals surface area contributed by atoms with Crippen LogP contribution in [0.4, 0.5) is 0 Å². The molecule has 3 aliphatic rings. The van der Waals surface area contributed by atoms with Crippen LogP contribution in [0.3, 0.4) is 0 Å². The van der Waals surface area contributed by atoms with Gasteiger partial charge in [-0.2, -0.15) is 0 Å². The number of piperidine rings is 1. The molecule has 1 N–H and O–H groups in total. The number of hydrogen-bond donors (Lipinski definition) is 1. The smallest absolute Gasteiger partial charge is 0.251 e. The summed E-state index contributed by atoms with van der Waals surface area (Å²) >= 11 is 0. The van der Waals surface area contributed by atoms with Crippen LogP contribution in [-0.2, 0) is 11.3 Å². The Morgan fingerprint density at radius 3 is 2.87 bits per heavy atom. The highest BCUT2D eigenvalue weighted by Crippen LogP contribution is 2.33. The molecule has 31 heavy (non-hydrogen) atoms. The van der Waals surface area contributed by atoms with E-state index in [2.05, 4.69) is 41.4 Å². The molecule has 1 amide bonds. The van der Waals surface area contributed by atoms with Crippen LogP contribution in [0, 0.1) is 12.8 Å². The number of nitrogens with one attached hydrogen (secondary N) is 1. The van der Waals surface area contributed by atoms with E-state index in [9.17, 15) is 4.79 Å². The first-order valence-electron chi connectivity index (χ1n) is 11.2. The topological polar surface area (TPSA) is 60.0 Å². The molecular formula is C25H30N2O4. The lowest BCUT2D eigenvalue weighted by atomic mass is 9.96. The summed E-state index contributed by atoms with van der Waals surface area (Å²) in [7, 11) is 0. The molecule has 1 unspecified atom stereocenters. The van der Waals surface area contributed by atoms with E-state index in [0.29, 0.717) is 36.9 Å². The molecular weight excluding hydrogens is 392 g/mol. The normalized spacial score (nSPS) is 26.5. The van der Waals surface area contributed by atoms with Crippen LogP contribution in [-0.4, -0.2) is 55.8 Å². The molecule has 3 aliphatic heterocycles. The van der Waals surface area contributed by atoms with Gasteiger partial charge in [0, 0.05) is 24.7 Å². The van der Waals surface area contributed by atoms with Gasteiger partial charge in [-0.25, -0.2) is 0 Å². The van der Waals surface area contributed by atoms with E-state index in [0.717, 1.165) is 31.0 Å². The number of carbonyl (C=O) groups excluding carboxylic acids is 1. The van der Waals surface area contributed by atoms with Crippen LogP contribution < -0.4 is 14.8 Å². The number of hydrogen-bond acceptors (Lipinski definition) is 5. The van der Waals surface area contributed by atoms with Crippen molar-refractivity contribution in [1.82, 2.24) is 10.2 Å². The first kappa shape index (κ1) is 20.3. The lowest BCUT2D eigenvalue weighted by Crippen LogP contribution is -2.47. The molecule has 2 bridgehead atoms. The van der Waals surface area contributed by atoms with Gasteiger partial charge in [-0.15, -0.1) is 0 Å². The highest BCUT2D eigenvalue weighted by molar-refractivity contribution is 5.95. The fourth-order valence-corrected chi connectivity index (χ4v) is 4.76. The maximum absolute atomic E-state index is 12.8. The van der Waals surface area contributed by atoms with Gasteiger partial charge >= 0.3 is 0 Å². The number of ether oxygens (including phenoxy) is 3. The SMILES string of the molecule is Cc1ccc(COC[C@@H]2COc3ccc(C(=O)N[C@@H]4C[C@H]5CCN(C5)C4)cc3O2)cc1. The second-order valence-electron chi connectivity index (χ2n) is 9.03. The minimum atomic E-state index is -0.196. The zero-order valence-corrected chi connectivity index (χ0v) is 18.0. The predicted molar refractivity (Wildman–Crippen MR) is 118 cm³/mol. The molecule has 2 fully saturated rings. The van der Waals surface area contributed by atoms with Gasteiger partial charge < -0.3 is 24.4 Å². The fourth-order valence-electron chi connectivity index (χ4n) is 4.76. The van der Waals surface area contributed by atoms with E-state index in [1.54, 1.807) is 6.07 Å². The molecule has 6 nitrogen and oxygen atoms in total. The van der Waals surface area contributed by atoms with Crippen molar-refractivity contribution in [3.8, 4) is 11.5 Å². The van der Waals surface area contributed by atoms with Gasteiger partial charge in [0.15, 0.2) is 17.6 Å². The molecule has 0 spiro atoms. The third kappa shape index (κ3) is 4.86. The average Bonchev–Trinajstić information content (AvgIpc) is 3.12. The molecule has 0 saturated carbocycles. The lowest BCUT2D eigenvalue weighted by molar-refractivity contribution is 0.00267. The summed E-state index contributed by atoms with van der Waals surface area (Å²) in [6, 6.07) is 13.9. The standard InChI is InChI=1S/C25H30N2O4/c1-17-2-4-18(5-3-17)14-29-15-22-16-30-23-7-6-20(11-24(23)31-22)25(28)26-21-10-19-8-9-27(12-19)13-21/h2-7,11,19,21-22H,8-10,12-16H2,1H3,(H,26,28)/t19-,21-,22-/m1/s1. The quantitative estimate of drug-likeness (QED) is 0.775. The van der Waals surface area contributed by atoms with E-state index >= 15 is 0 Å². The Bertz CT molecular complexity index is 918. The highest BCUT2D eigenvalue weighted by atomic mass is 16.6. The summed E-state index contributed by atoms with van der Waals surface area (Å²) in [6.07, 6.45) is 2.13. The third-order valence-electron chi connectivity index (χ3n) is 6.42. The molecule has 2 saturated heterocycles. The number of benzene rings is 2. The van der Waals surface area contributed by atoms with Gasteiger partial charge in [0.05, 0.1) is 13.2 Å². The first-order chi connectivity index (χ1) is 15.1. The number of rotatable bonds is 6. The number of aryl methyl sites for hydroxylation is 1.